The van der Waals surface area contributed by atoms with E-state index in [1.807, 2.05) is 0 Å². The number of β-amino-alcohol motifs (C(OH)–C–C–N with tert-alkyl or cyclic N) is 1. The molecule has 3 aromatic rings. The van der Waals surface area contributed by atoms with Gasteiger partial charge in [0.05, 0.1) is 36.1 Å². The SMILES string of the molecule is Cn1c(=O)c2c(c3cc(Nc4nc(N5C[C@@H](O)CC(F)(F)C5)ncc4Cl)ccc31)N[C@@H](C1CC1)C(F)(F)CO2. The van der Waals surface area contributed by atoms with Crippen LogP contribution in [0.3, 0.4) is 0 Å². The second kappa shape index (κ2) is 9.12. The first-order valence-corrected chi connectivity index (χ1v) is 12.8. The summed E-state index contributed by atoms with van der Waals surface area (Å²) in [4.78, 5) is 22.5. The minimum absolute atomic E-state index is 0.0399. The second-order valence-corrected chi connectivity index (χ2v) is 10.8. The zero-order chi connectivity index (χ0) is 27.7. The van der Waals surface area contributed by atoms with Gasteiger partial charge in [-0.2, -0.15) is 4.98 Å². The number of ether oxygens (including phenoxy) is 1. The molecule has 208 valence electrons. The van der Waals surface area contributed by atoms with Crippen LogP contribution in [0.2, 0.25) is 5.02 Å². The van der Waals surface area contributed by atoms with Crippen molar-refractivity contribution >= 4 is 45.6 Å². The molecule has 0 amide bonds. The molecule has 2 aromatic heterocycles. The van der Waals surface area contributed by atoms with E-state index in [2.05, 4.69) is 20.6 Å². The van der Waals surface area contributed by atoms with Crippen LogP contribution in [0, 0.1) is 5.92 Å². The fourth-order valence-corrected chi connectivity index (χ4v) is 5.38. The molecule has 1 saturated heterocycles. The lowest BCUT2D eigenvalue weighted by Crippen LogP contribution is -2.50. The van der Waals surface area contributed by atoms with Gasteiger partial charge in [-0.3, -0.25) is 4.79 Å². The summed E-state index contributed by atoms with van der Waals surface area (Å²) in [6, 6.07) is 3.76. The average molecular weight is 569 g/mol. The summed E-state index contributed by atoms with van der Waals surface area (Å²) in [6.45, 7) is -1.62. The highest BCUT2D eigenvalue weighted by Crippen LogP contribution is 2.45. The number of halogens is 5. The van der Waals surface area contributed by atoms with Gasteiger partial charge >= 0.3 is 5.92 Å². The molecule has 1 saturated carbocycles. The normalized spacial score (nSPS) is 23.9. The van der Waals surface area contributed by atoms with Crippen molar-refractivity contribution in [3.05, 3.63) is 39.8 Å². The summed E-state index contributed by atoms with van der Waals surface area (Å²) in [5.74, 6) is -6.61. The number of nitrogens with one attached hydrogen (secondary N) is 2. The summed E-state index contributed by atoms with van der Waals surface area (Å²) < 4.78 is 64.6. The molecule has 0 bridgehead atoms. The smallest absolute Gasteiger partial charge is 0.301 e. The van der Waals surface area contributed by atoms with E-state index in [-0.39, 0.29) is 40.7 Å². The van der Waals surface area contributed by atoms with E-state index < -0.39 is 49.1 Å². The van der Waals surface area contributed by atoms with Crippen LogP contribution in [-0.2, 0) is 7.05 Å². The van der Waals surface area contributed by atoms with Crippen molar-refractivity contribution in [2.24, 2.45) is 13.0 Å². The lowest BCUT2D eigenvalue weighted by Gasteiger charge is -2.35. The van der Waals surface area contributed by atoms with E-state index in [4.69, 9.17) is 16.3 Å². The van der Waals surface area contributed by atoms with Gasteiger partial charge < -0.3 is 29.9 Å². The summed E-state index contributed by atoms with van der Waals surface area (Å²) in [5, 5.41) is 16.4. The molecule has 1 aromatic carbocycles. The Bertz CT molecular complexity index is 1520. The number of benzene rings is 1. The first-order valence-electron chi connectivity index (χ1n) is 12.5. The van der Waals surface area contributed by atoms with E-state index in [1.165, 1.54) is 22.7 Å². The van der Waals surface area contributed by atoms with Gasteiger partial charge in [0, 0.05) is 31.1 Å². The van der Waals surface area contributed by atoms with Crippen molar-refractivity contribution in [2.75, 3.05) is 35.2 Å². The molecule has 39 heavy (non-hydrogen) atoms. The van der Waals surface area contributed by atoms with Crippen LogP contribution in [0.25, 0.3) is 10.9 Å². The van der Waals surface area contributed by atoms with Crippen LogP contribution in [0.1, 0.15) is 19.3 Å². The number of anilines is 4. The Kier molecular flexibility index (Phi) is 6.06. The molecule has 1 aliphatic carbocycles. The molecular formula is C25H25ClF4N6O3. The van der Waals surface area contributed by atoms with Crippen molar-refractivity contribution in [3.63, 3.8) is 0 Å². The number of hydrogen-bond donors (Lipinski definition) is 3. The summed E-state index contributed by atoms with van der Waals surface area (Å²) in [7, 11) is 1.53. The van der Waals surface area contributed by atoms with Gasteiger partial charge in [0.15, 0.2) is 12.4 Å². The Labute approximate surface area is 224 Å². The lowest BCUT2D eigenvalue weighted by atomic mass is 10.0. The molecule has 3 N–H and O–H groups in total. The number of aliphatic hydroxyl groups is 1. The number of alkyl halides is 4. The zero-order valence-corrected chi connectivity index (χ0v) is 21.5. The molecule has 2 aliphatic heterocycles. The standard InChI is InChI=1S/C25H25ClF4N6O3/c1-35-17-5-4-13(32-21-16(26)8-31-23(34-21)36-9-14(37)7-24(27,28)10-36)6-15(17)18-19(22(35)38)39-11-25(29,30)20(33-18)12-2-3-12/h4-6,8,12,14,20,33,37H,2-3,7,9-11H2,1H3,(H,31,32,34)/t14-,20-/m0/s1. The van der Waals surface area contributed by atoms with Gasteiger partial charge in [0.1, 0.15) is 5.02 Å². The highest BCUT2D eigenvalue weighted by Gasteiger charge is 2.51. The molecule has 14 heteroatoms. The van der Waals surface area contributed by atoms with E-state index >= 15 is 0 Å². The average Bonchev–Trinajstić information content (AvgIpc) is 3.70. The Morgan fingerprint density at radius 1 is 1.26 bits per heavy atom. The molecule has 0 radical (unpaired) electrons. The van der Waals surface area contributed by atoms with E-state index in [1.54, 1.807) is 18.2 Å². The fourth-order valence-electron chi connectivity index (χ4n) is 5.25. The van der Waals surface area contributed by atoms with E-state index in [0.29, 0.717) is 29.4 Å². The largest absolute Gasteiger partial charge is 0.480 e. The van der Waals surface area contributed by atoms with Crippen LogP contribution in [0.5, 0.6) is 5.75 Å². The summed E-state index contributed by atoms with van der Waals surface area (Å²) in [5.41, 5.74) is 0.575. The van der Waals surface area contributed by atoms with Gasteiger partial charge in [-0.1, -0.05) is 11.6 Å². The van der Waals surface area contributed by atoms with Crippen LogP contribution in [-0.4, -0.2) is 63.3 Å². The Balaban J connectivity index is 1.38. The number of nitrogens with zero attached hydrogens (tertiary/aromatic N) is 4. The van der Waals surface area contributed by atoms with Crippen molar-refractivity contribution in [1.82, 2.24) is 14.5 Å². The lowest BCUT2D eigenvalue weighted by molar-refractivity contribution is -0.0579. The monoisotopic (exact) mass is 568 g/mol. The van der Waals surface area contributed by atoms with Crippen LogP contribution in [0.15, 0.2) is 29.2 Å². The number of pyridine rings is 1. The Morgan fingerprint density at radius 2 is 2.03 bits per heavy atom. The predicted octanol–water partition coefficient (Wildman–Crippen LogP) is 4.15. The first kappa shape index (κ1) is 25.9. The van der Waals surface area contributed by atoms with Crippen LogP contribution in [0.4, 0.5) is 40.7 Å². The molecule has 4 heterocycles. The van der Waals surface area contributed by atoms with Crippen molar-refractivity contribution in [3.8, 4) is 5.75 Å². The third kappa shape index (κ3) is 4.82. The Hall–Kier alpha value is -3.32. The number of fused-ring (bicyclic) bond motifs is 3. The van der Waals surface area contributed by atoms with Gasteiger partial charge in [-0.05, 0) is 37.0 Å². The number of aliphatic hydroxyl groups excluding tert-OH is 1. The molecule has 0 unspecified atom stereocenters. The minimum Gasteiger partial charge on any atom is -0.480 e. The first-order chi connectivity index (χ1) is 18.4. The third-order valence-corrected chi connectivity index (χ3v) is 7.55. The number of hydrogen-bond acceptors (Lipinski definition) is 8. The highest BCUT2D eigenvalue weighted by molar-refractivity contribution is 6.33. The maximum Gasteiger partial charge on any atom is 0.301 e. The van der Waals surface area contributed by atoms with Gasteiger partial charge in [-0.15, -0.1) is 0 Å². The molecular weight excluding hydrogens is 544 g/mol. The molecule has 3 aliphatic rings. The quantitative estimate of drug-likeness (QED) is 0.403. The predicted molar refractivity (Wildman–Crippen MR) is 138 cm³/mol. The van der Waals surface area contributed by atoms with Crippen LogP contribution >= 0.6 is 11.6 Å². The highest BCUT2D eigenvalue weighted by atomic mass is 35.5. The second-order valence-electron chi connectivity index (χ2n) is 10.4. The Morgan fingerprint density at radius 3 is 2.74 bits per heavy atom. The van der Waals surface area contributed by atoms with Gasteiger partial charge in [-0.25, -0.2) is 22.5 Å². The maximum atomic E-state index is 14.9. The molecule has 6 rings (SSSR count). The van der Waals surface area contributed by atoms with Crippen LogP contribution < -0.4 is 25.8 Å². The van der Waals surface area contributed by atoms with Crippen molar-refractivity contribution in [2.45, 2.75) is 43.3 Å². The molecule has 2 fully saturated rings. The van der Waals surface area contributed by atoms with Gasteiger partial charge in [0.2, 0.25) is 11.7 Å². The third-order valence-electron chi connectivity index (χ3n) is 7.27. The number of aryl methyl sites for hydroxylation is 1. The summed E-state index contributed by atoms with van der Waals surface area (Å²) in [6.07, 6.45) is 0.699. The van der Waals surface area contributed by atoms with E-state index in [9.17, 15) is 27.5 Å². The zero-order valence-electron chi connectivity index (χ0n) is 20.7. The maximum absolute atomic E-state index is 14.9. The topological polar surface area (TPSA) is 105 Å². The van der Waals surface area contributed by atoms with Crippen molar-refractivity contribution in [1.29, 1.82) is 0 Å². The molecule has 9 nitrogen and oxygen atoms in total. The number of piperidine rings is 1. The molecule has 2 atom stereocenters. The van der Waals surface area contributed by atoms with E-state index in [0.717, 1.165) is 0 Å². The molecule has 0 spiro atoms. The number of aromatic nitrogens is 3. The number of rotatable bonds is 4. The van der Waals surface area contributed by atoms with Crippen molar-refractivity contribution < 1.29 is 27.4 Å². The minimum atomic E-state index is -3.17. The summed E-state index contributed by atoms with van der Waals surface area (Å²) >= 11 is 6.30. The van der Waals surface area contributed by atoms with Gasteiger partial charge in [0.25, 0.3) is 11.5 Å². The fraction of sp³-hybridized carbons (Fsp3) is 0.480.